The summed E-state index contributed by atoms with van der Waals surface area (Å²) in [4.78, 5) is 24.4. The Balaban J connectivity index is 2.69. The Morgan fingerprint density at radius 2 is 1.89 bits per heavy atom. The number of benzene rings is 1. The van der Waals surface area contributed by atoms with Crippen LogP contribution in [0.25, 0.3) is 0 Å². The van der Waals surface area contributed by atoms with Crippen LogP contribution in [0, 0.1) is 0 Å². The Kier molecular flexibility index (Phi) is 5.10. The van der Waals surface area contributed by atoms with Gasteiger partial charge in [-0.25, -0.2) is 4.79 Å². The van der Waals surface area contributed by atoms with E-state index in [1.54, 1.807) is 27.8 Å². The summed E-state index contributed by atoms with van der Waals surface area (Å²) in [5.41, 5.74) is 0.445. The van der Waals surface area contributed by atoms with Gasteiger partial charge in [0.25, 0.3) is 0 Å². The van der Waals surface area contributed by atoms with E-state index in [-0.39, 0.29) is 0 Å². The number of aldehydes is 1. The lowest BCUT2D eigenvalue weighted by molar-refractivity contribution is -0.112. The van der Waals surface area contributed by atoms with Crippen LogP contribution in [0.4, 0.5) is 4.79 Å². The summed E-state index contributed by atoms with van der Waals surface area (Å²) in [6.07, 6.45) is 0.775. The van der Waals surface area contributed by atoms with Crippen molar-refractivity contribution in [2.24, 2.45) is 0 Å². The van der Waals surface area contributed by atoms with Gasteiger partial charge in [0.15, 0.2) is 0 Å². The van der Waals surface area contributed by atoms with Crippen molar-refractivity contribution in [3.63, 3.8) is 0 Å². The molecule has 0 aromatic heterocycles. The van der Waals surface area contributed by atoms with Crippen LogP contribution in [0.5, 0.6) is 0 Å². The van der Waals surface area contributed by atoms with Crippen molar-refractivity contribution in [1.29, 1.82) is 0 Å². The first-order valence-electron chi connectivity index (χ1n) is 6.28. The third-order valence-electron chi connectivity index (χ3n) is 2.62. The molecule has 1 aromatic carbocycles. The second-order valence-corrected chi connectivity index (χ2v) is 5.48. The molecule has 1 amide bonds. The number of ether oxygens (including phenoxy) is 1. The van der Waals surface area contributed by atoms with E-state index in [0.29, 0.717) is 6.42 Å². The van der Waals surface area contributed by atoms with Crippen molar-refractivity contribution in [2.45, 2.75) is 38.8 Å². The molecule has 0 heterocycles. The van der Waals surface area contributed by atoms with Crippen LogP contribution in [-0.4, -0.2) is 36.0 Å². The summed E-state index contributed by atoms with van der Waals surface area (Å²) >= 11 is 0. The van der Waals surface area contributed by atoms with Gasteiger partial charge in [0.2, 0.25) is 0 Å². The van der Waals surface area contributed by atoms with E-state index < -0.39 is 17.7 Å². The van der Waals surface area contributed by atoms with Gasteiger partial charge in [-0.3, -0.25) is 0 Å². The van der Waals surface area contributed by atoms with E-state index in [4.69, 9.17) is 4.74 Å². The van der Waals surface area contributed by atoms with Crippen molar-refractivity contribution >= 4 is 12.4 Å². The minimum Gasteiger partial charge on any atom is -0.444 e. The molecule has 0 spiro atoms. The van der Waals surface area contributed by atoms with Gasteiger partial charge in [-0.05, 0) is 32.8 Å². The number of hydrogen-bond donors (Lipinski definition) is 0. The van der Waals surface area contributed by atoms with Crippen LogP contribution in [0.2, 0.25) is 0 Å². The molecule has 0 N–H and O–H groups in total. The molecule has 104 valence electrons. The third kappa shape index (κ3) is 5.12. The lowest BCUT2D eigenvalue weighted by Gasteiger charge is -2.28. The number of rotatable bonds is 4. The van der Waals surface area contributed by atoms with Gasteiger partial charge in [-0.1, -0.05) is 30.3 Å². The summed E-state index contributed by atoms with van der Waals surface area (Å²) in [6.45, 7) is 5.39. The van der Waals surface area contributed by atoms with Gasteiger partial charge >= 0.3 is 6.09 Å². The highest BCUT2D eigenvalue weighted by atomic mass is 16.6. The van der Waals surface area contributed by atoms with Gasteiger partial charge in [0.1, 0.15) is 11.9 Å². The summed E-state index contributed by atoms with van der Waals surface area (Å²) in [5.74, 6) is 0. The van der Waals surface area contributed by atoms with Gasteiger partial charge in [0.05, 0.1) is 6.04 Å². The largest absolute Gasteiger partial charge is 0.444 e. The van der Waals surface area contributed by atoms with Crippen LogP contribution in [0.1, 0.15) is 26.3 Å². The number of likely N-dealkylation sites (N-methyl/N-ethyl adjacent to an activating group) is 1. The monoisotopic (exact) mass is 263 g/mol. The molecule has 1 atom stereocenters. The van der Waals surface area contributed by atoms with E-state index in [2.05, 4.69) is 0 Å². The van der Waals surface area contributed by atoms with Gasteiger partial charge in [0, 0.05) is 7.05 Å². The number of carbonyl (C=O) groups is 2. The topological polar surface area (TPSA) is 46.6 Å². The predicted molar refractivity (Wildman–Crippen MR) is 74.0 cm³/mol. The van der Waals surface area contributed by atoms with Crippen LogP contribution in [0.3, 0.4) is 0 Å². The second kappa shape index (κ2) is 6.36. The van der Waals surface area contributed by atoms with Crippen molar-refractivity contribution in [3.8, 4) is 0 Å². The molecule has 0 saturated carbocycles. The Morgan fingerprint density at radius 3 is 2.37 bits per heavy atom. The molecule has 0 aliphatic carbocycles. The van der Waals surface area contributed by atoms with Crippen LogP contribution in [0.15, 0.2) is 30.3 Å². The van der Waals surface area contributed by atoms with Crippen molar-refractivity contribution in [2.75, 3.05) is 7.05 Å². The van der Waals surface area contributed by atoms with Crippen molar-refractivity contribution in [1.82, 2.24) is 4.90 Å². The number of amides is 1. The molecule has 1 aromatic rings. The number of hydrogen-bond acceptors (Lipinski definition) is 3. The molecule has 1 rings (SSSR count). The van der Waals surface area contributed by atoms with Gasteiger partial charge in [-0.15, -0.1) is 0 Å². The number of carbonyl (C=O) groups excluding carboxylic acids is 2. The standard InChI is InChI=1S/C15H21NO3/c1-15(2,3)19-14(18)16(4)13(11-17)10-12-8-6-5-7-9-12/h5-9,11,13H,10H2,1-4H3/t13-/m0/s1. The van der Waals surface area contributed by atoms with Crippen LogP contribution in [-0.2, 0) is 16.0 Å². The Hall–Kier alpha value is -1.84. The third-order valence-corrected chi connectivity index (χ3v) is 2.62. The molecule has 0 saturated heterocycles. The normalized spacial score (nSPS) is 12.6. The highest BCUT2D eigenvalue weighted by molar-refractivity contribution is 5.73. The number of nitrogens with zero attached hydrogens (tertiary/aromatic N) is 1. The second-order valence-electron chi connectivity index (χ2n) is 5.48. The van der Waals surface area contributed by atoms with E-state index in [0.717, 1.165) is 11.8 Å². The quantitative estimate of drug-likeness (QED) is 0.785. The van der Waals surface area contributed by atoms with E-state index in [1.807, 2.05) is 30.3 Å². The fourth-order valence-electron chi connectivity index (χ4n) is 1.60. The smallest absolute Gasteiger partial charge is 0.410 e. The summed E-state index contributed by atoms with van der Waals surface area (Å²) in [6, 6.07) is 9.07. The molecule has 4 nitrogen and oxygen atoms in total. The van der Waals surface area contributed by atoms with Gasteiger partial charge in [-0.2, -0.15) is 0 Å². The fraction of sp³-hybridized carbons (Fsp3) is 0.467. The molecule has 4 heteroatoms. The average Bonchev–Trinajstić information content (AvgIpc) is 2.34. The lowest BCUT2D eigenvalue weighted by atomic mass is 10.1. The van der Waals surface area contributed by atoms with E-state index in [1.165, 1.54) is 4.90 Å². The molecule has 0 unspecified atom stereocenters. The minimum absolute atomic E-state index is 0.486. The summed E-state index contributed by atoms with van der Waals surface area (Å²) in [7, 11) is 1.58. The van der Waals surface area contributed by atoms with Crippen LogP contribution >= 0.6 is 0 Å². The molecule has 0 fully saturated rings. The highest BCUT2D eigenvalue weighted by Crippen LogP contribution is 2.12. The SMILES string of the molecule is CN(C(=O)OC(C)(C)C)[C@H](C=O)Cc1ccccc1. The first-order chi connectivity index (χ1) is 8.83. The summed E-state index contributed by atoms with van der Waals surface area (Å²) < 4.78 is 5.25. The molecule has 0 radical (unpaired) electrons. The predicted octanol–water partition coefficient (Wildman–Crippen LogP) is 2.66. The van der Waals surface area contributed by atoms with Crippen molar-refractivity contribution in [3.05, 3.63) is 35.9 Å². The average molecular weight is 263 g/mol. The maximum Gasteiger partial charge on any atom is 0.410 e. The first-order valence-corrected chi connectivity index (χ1v) is 6.28. The lowest BCUT2D eigenvalue weighted by Crippen LogP contribution is -2.42. The minimum atomic E-state index is -0.564. The molecule has 19 heavy (non-hydrogen) atoms. The first kappa shape index (κ1) is 15.2. The molecule has 0 aliphatic rings. The zero-order chi connectivity index (χ0) is 14.5. The fourth-order valence-corrected chi connectivity index (χ4v) is 1.60. The summed E-state index contributed by atoms with van der Waals surface area (Å²) in [5, 5.41) is 0. The van der Waals surface area contributed by atoms with E-state index in [9.17, 15) is 9.59 Å². The maximum absolute atomic E-state index is 11.9. The van der Waals surface area contributed by atoms with Gasteiger partial charge < -0.3 is 14.4 Å². The molecular formula is C15H21NO3. The van der Waals surface area contributed by atoms with E-state index >= 15 is 0 Å². The highest BCUT2D eigenvalue weighted by Gasteiger charge is 2.25. The molecule has 0 aliphatic heterocycles. The van der Waals surface area contributed by atoms with Crippen LogP contribution < -0.4 is 0 Å². The Bertz CT molecular complexity index is 423. The zero-order valence-corrected chi connectivity index (χ0v) is 11.9. The Morgan fingerprint density at radius 1 is 1.32 bits per heavy atom. The Labute approximate surface area is 114 Å². The maximum atomic E-state index is 11.9. The molecular weight excluding hydrogens is 242 g/mol. The van der Waals surface area contributed by atoms with Crippen molar-refractivity contribution < 1.29 is 14.3 Å². The zero-order valence-electron chi connectivity index (χ0n) is 11.9. The molecule has 0 bridgehead atoms.